The normalized spacial score (nSPS) is 9.77. The molecule has 70 valence electrons. The molecular formula is C9H9FO3. The summed E-state index contributed by atoms with van der Waals surface area (Å²) < 4.78 is 17.7. The molecule has 0 amide bonds. The number of ketones is 1. The fourth-order valence-electron chi connectivity index (χ4n) is 0.977. The van der Waals surface area contributed by atoms with Crippen LogP contribution in [0.15, 0.2) is 12.1 Å². The van der Waals surface area contributed by atoms with Gasteiger partial charge in [0, 0.05) is 6.07 Å². The Hall–Kier alpha value is -1.58. The zero-order valence-corrected chi connectivity index (χ0v) is 7.30. The van der Waals surface area contributed by atoms with Crippen LogP contribution in [0.2, 0.25) is 0 Å². The van der Waals surface area contributed by atoms with Crippen molar-refractivity contribution in [2.24, 2.45) is 0 Å². The third-order valence-corrected chi connectivity index (χ3v) is 1.65. The van der Waals surface area contributed by atoms with E-state index in [0.29, 0.717) is 0 Å². The van der Waals surface area contributed by atoms with Gasteiger partial charge in [0.15, 0.2) is 17.3 Å². The molecule has 1 rings (SSSR count). The van der Waals surface area contributed by atoms with Crippen LogP contribution >= 0.6 is 0 Å². The fraction of sp³-hybridized carbons (Fsp3) is 0.222. The quantitative estimate of drug-likeness (QED) is 0.712. The summed E-state index contributed by atoms with van der Waals surface area (Å²) in [6.07, 6.45) is 0. The van der Waals surface area contributed by atoms with Gasteiger partial charge in [-0.2, -0.15) is 0 Å². The monoisotopic (exact) mass is 184 g/mol. The molecular weight excluding hydrogens is 175 g/mol. The van der Waals surface area contributed by atoms with Crippen LogP contribution in [0.3, 0.4) is 0 Å². The van der Waals surface area contributed by atoms with Crippen molar-refractivity contribution in [3.63, 3.8) is 0 Å². The van der Waals surface area contributed by atoms with Gasteiger partial charge in [0.2, 0.25) is 0 Å². The number of hydrogen-bond acceptors (Lipinski definition) is 3. The minimum absolute atomic E-state index is 0.0162. The van der Waals surface area contributed by atoms with E-state index in [-0.39, 0.29) is 17.1 Å². The third kappa shape index (κ3) is 1.77. The maximum atomic E-state index is 13.1. The van der Waals surface area contributed by atoms with E-state index in [1.807, 2.05) is 0 Å². The zero-order valence-electron chi connectivity index (χ0n) is 7.30. The highest BCUT2D eigenvalue weighted by Gasteiger charge is 2.12. The lowest BCUT2D eigenvalue weighted by molar-refractivity contribution is 0.101. The highest BCUT2D eigenvalue weighted by molar-refractivity contribution is 5.95. The van der Waals surface area contributed by atoms with Gasteiger partial charge in [0.1, 0.15) is 5.82 Å². The maximum absolute atomic E-state index is 13.1. The van der Waals surface area contributed by atoms with Crippen LogP contribution in [0.1, 0.15) is 17.3 Å². The standard InChI is InChI=1S/C9H9FO3/c1-5(11)6-3-8(12)9(13-2)4-7(6)10/h3-4,12H,1-2H3. The van der Waals surface area contributed by atoms with Crippen molar-refractivity contribution in [3.8, 4) is 11.5 Å². The number of carbonyl (C=O) groups is 1. The Labute approximate surface area is 74.8 Å². The largest absolute Gasteiger partial charge is 0.504 e. The topological polar surface area (TPSA) is 46.5 Å². The summed E-state index contributed by atoms with van der Waals surface area (Å²) in [6.45, 7) is 1.23. The van der Waals surface area contributed by atoms with Crippen molar-refractivity contribution in [2.75, 3.05) is 7.11 Å². The molecule has 0 atom stereocenters. The molecule has 0 spiro atoms. The second kappa shape index (κ2) is 3.43. The van der Waals surface area contributed by atoms with Crippen molar-refractivity contribution in [2.45, 2.75) is 6.92 Å². The molecule has 0 saturated heterocycles. The van der Waals surface area contributed by atoms with Crippen LogP contribution in [0.4, 0.5) is 4.39 Å². The van der Waals surface area contributed by atoms with Gasteiger partial charge in [-0.25, -0.2) is 4.39 Å². The lowest BCUT2D eigenvalue weighted by atomic mass is 10.1. The number of rotatable bonds is 2. The summed E-state index contributed by atoms with van der Waals surface area (Å²) in [5, 5.41) is 9.22. The molecule has 1 aromatic carbocycles. The van der Waals surface area contributed by atoms with Crippen molar-refractivity contribution >= 4 is 5.78 Å². The Morgan fingerprint density at radius 3 is 2.62 bits per heavy atom. The smallest absolute Gasteiger partial charge is 0.163 e. The number of halogens is 1. The maximum Gasteiger partial charge on any atom is 0.163 e. The van der Waals surface area contributed by atoms with Gasteiger partial charge in [-0.1, -0.05) is 0 Å². The Bertz CT molecular complexity index is 347. The number of phenolic OH excluding ortho intramolecular Hbond substituents is 1. The number of phenols is 1. The minimum Gasteiger partial charge on any atom is -0.504 e. The van der Waals surface area contributed by atoms with E-state index >= 15 is 0 Å². The lowest BCUT2D eigenvalue weighted by Gasteiger charge is -2.05. The molecule has 0 fully saturated rings. The van der Waals surface area contributed by atoms with Crippen LogP contribution in [-0.2, 0) is 0 Å². The summed E-state index contributed by atoms with van der Waals surface area (Å²) in [7, 11) is 1.31. The number of methoxy groups -OCH3 is 1. The molecule has 4 heteroatoms. The van der Waals surface area contributed by atoms with Gasteiger partial charge in [-0.05, 0) is 13.0 Å². The van der Waals surface area contributed by atoms with E-state index < -0.39 is 11.6 Å². The summed E-state index contributed by atoms with van der Waals surface area (Å²) in [5.74, 6) is -1.35. The molecule has 0 aromatic heterocycles. The van der Waals surface area contributed by atoms with Crippen LogP contribution in [0.5, 0.6) is 11.5 Å². The number of ether oxygens (including phenoxy) is 1. The molecule has 0 aliphatic heterocycles. The van der Waals surface area contributed by atoms with E-state index in [9.17, 15) is 14.3 Å². The molecule has 3 nitrogen and oxygen atoms in total. The first-order valence-corrected chi connectivity index (χ1v) is 3.63. The van der Waals surface area contributed by atoms with E-state index in [1.54, 1.807) is 0 Å². The molecule has 0 radical (unpaired) electrons. The number of carbonyl (C=O) groups excluding carboxylic acids is 1. The second-order valence-corrected chi connectivity index (χ2v) is 2.56. The first-order valence-electron chi connectivity index (χ1n) is 3.63. The number of aromatic hydroxyl groups is 1. The van der Waals surface area contributed by atoms with Crippen molar-refractivity contribution in [3.05, 3.63) is 23.5 Å². The van der Waals surface area contributed by atoms with Gasteiger partial charge < -0.3 is 9.84 Å². The van der Waals surface area contributed by atoms with Crippen molar-refractivity contribution in [1.82, 2.24) is 0 Å². The molecule has 0 unspecified atom stereocenters. The first-order chi connectivity index (χ1) is 6.06. The van der Waals surface area contributed by atoms with Crippen LogP contribution in [-0.4, -0.2) is 18.0 Å². The number of benzene rings is 1. The Morgan fingerprint density at radius 2 is 2.15 bits per heavy atom. The Kier molecular flexibility index (Phi) is 2.51. The van der Waals surface area contributed by atoms with Crippen LogP contribution in [0.25, 0.3) is 0 Å². The molecule has 0 aliphatic carbocycles. The van der Waals surface area contributed by atoms with Crippen molar-refractivity contribution in [1.29, 1.82) is 0 Å². The molecule has 0 aliphatic rings. The predicted molar refractivity (Wildman–Crippen MR) is 44.6 cm³/mol. The third-order valence-electron chi connectivity index (χ3n) is 1.65. The summed E-state index contributed by atoms with van der Waals surface area (Å²) in [6, 6.07) is 2.03. The first kappa shape index (κ1) is 9.51. The average Bonchev–Trinajstić information content (AvgIpc) is 2.07. The Balaban J connectivity index is 3.28. The van der Waals surface area contributed by atoms with E-state index in [1.165, 1.54) is 14.0 Å². The second-order valence-electron chi connectivity index (χ2n) is 2.56. The molecule has 0 saturated carbocycles. The lowest BCUT2D eigenvalue weighted by Crippen LogP contribution is -1.97. The molecule has 0 heterocycles. The minimum atomic E-state index is -0.692. The highest BCUT2D eigenvalue weighted by atomic mass is 19.1. The summed E-state index contributed by atoms with van der Waals surface area (Å²) in [4.78, 5) is 10.8. The molecule has 0 bridgehead atoms. The summed E-state index contributed by atoms with van der Waals surface area (Å²) >= 11 is 0. The zero-order chi connectivity index (χ0) is 10.0. The number of hydrogen-bond donors (Lipinski definition) is 1. The molecule has 13 heavy (non-hydrogen) atoms. The number of Topliss-reactive ketones (excluding diaryl/α,β-unsaturated/α-hetero) is 1. The summed E-state index contributed by atoms with van der Waals surface area (Å²) in [5.41, 5.74) is -0.140. The fourth-order valence-corrected chi connectivity index (χ4v) is 0.977. The van der Waals surface area contributed by atoms with Crippen molar-refractivity contribution < 1.29 is 19.0 Å². The van der Waals surface area contributed by atoms with Crippen LogP contribution < -0.4 is 4.74 Å². The van der Waals surface area contributed by atoms with Crippen LogP contribution in [0, 0.1) is 5.82 Å². The predicted octanol–water partition coefficient (Wildman–Crippen LogP) is 1.74. The molecule has 1 N–H and O–H groups in total. The van der Waals surface area contributed by atoms with Gasteiger partial charge >= 0.3 is 0 Å². The molecule has 1 aromatic rings. The van der Waals surface area contributed by atoms with Gasteiger partial charge in [0.25, 0.3) is 0 Å². The van der Waals surface area contributed by atoms with Gasteiger partial charge in [-0.3, -0.25) is 4.79 Å². The SMILES string of the molecule is COc1cc(F)c(C(C)=O)cc1O. The average molecular weight is 184 g/mol. The van der Waals surface area contributed by atoms with Gasteiger partial charge in [-0.15, -0.1) is 0 Å². The van der Waals surface area contributed by atoms with Gasteiger partial charge in [0.05, 0.1) is 12.7 Å². The Morgan fingerprint density at radius 1 is 1.54 bits per heavy atom. The van der Waals surface area contributed by atoms with E-state index in [4.69, 9.17) is 0 Å². The van der Waals surface area contributed by atoms with E-state index in [2.05, 4.69) is 4.74 Å². The highest BCUT2D eigenvalue weighted by Crippen LogP contribution is 2.28. The van der Waals surface area contributed by atoms with E-state index in [0.717, 1.165) is 12.1 Å².